The number of halogens is 1. The first-order valence-corrected chi connectivity index (χ1v) is 10.6. The highest BCUT2D eigenvalue weighted by atomic mass is 35.5. The zero-order chi connectivity index (χ0) is 18.9. The number of thioether (sulfide) groups is 1. The fourth-order valence-electron chi connectivity index (χ4n) is 2.35. The Morgan fingerprint density at radius 3 is 2.50 bits per heavy atom. The van der Waals surface area contributed by atoms with Crippen LogP contribution in [0.25, 0.3) is 5.95 Å². The van der Waals surface area contributed by atoms with Crippen molar-refractivity contribution in [1.29, 1.82) is 0 Å². The molecule has 2 aromatic heterocycles. The van der Waals surface area contributed by atoms with Gasteiger partial charge < -0.3 is 5.84 Å². The van der Waals surface area contributed by atoms with Crippen molar-refractivity contribution in [3.63, 3.8) is 0 Å². The van der Waals surface area contributed by atoms with Crippen LogP contribution in [0.3, 0.4) is 0 Å². The number of nitrogen functional groups attached to an aromatic ring is 1. The smallest absolute Gasteiger partial charge is 0.271 e. The summed E-state index contributed by atoms with van der Waals surface area (Å²) in [5.74, 6) is 6.65. The van der Waals surface area contributed by atoms with Crippen LogP contribution in [0.1, 0.15) is 11.4 Å². The van der Waals surface area contributed by atoms with Crippen LogP contribution in [-0.2, 0) is 9.84 Å². The van der Waals surface area contributed by atoms with E-state index in [4.69, 9.17) is 17.4 Å². The maximum Gasteiger partial charge on any atom is 0.271 e. The topological polar surface area (TPSA) is 109 Å². The highest BCUT2D eigenvalue weighted by molar-refractivity contribution is 8.00. The van der Waals surface area contributed by atoms with Crippen LogP contribution in [0.4, 0.5) is 0 Å². The summed E-state index contributed by atoms with van der Waals surface area (Å²) in [6, 6.07) is 8.00. The first-order valence-electron chi connectivity index (χ1n) is 7.63. The van der Waals surface area contributed by atoms with Gasteiger partial charge in [-0.05, 0) is 44.2 Å². The molecule has 0 saturated carbocycles. The molecule has 8 nitrogen and oxygen atoms in total. The van der Waals surface area contributed by atoms with Gasteiger partial charge in [-0.25, -0.2) is 17.8 Å². The largest absolute Gasteiger partial charge is 0.334 e. The Morgan fingerprint density at radius 2 is 1.88 bits per heavy atom. The second-order valence-corrected chi connectivity index (χ2v) is 9.22. The van der Waals surface area contributed by atoms with Crippen molar-refractivity contribution in [3.05, 3.63) is 46.7 Å². The minimum atomic E-state index is -3.40. The SMILES string of the molecule is Cc1cc(C)n(-c2nnc(SCCS(=O)(=O)c3ccc(Cl)cc3)n2N)n1. The fourth-order valence-corrected chi connectivity index (χ4v) is 4.97. The lowest BCUT2D eigenvalue weighted by molar-refractivity contribution is 0.597. The molecule has 2 N–H and O–H groups in total. The normalized spacial score (nSPS) is 11.8. The molecule has 11 heteroatoms. The minimum absolute atomic E-state index is 0.0542. The van der Waals surface area contributed by atoms with Gasteiger partial charge in [0.2, 0.25) is 5.16 Å². The first kappa shape index (κ1) is 18.7. The minimum Gasteiger partial charge on any atom is -0.334 e. The lowest BCUT2D eigenvalue weighted by Crippen LogP contribution is -2.17. The highest BCUT2D eigenvalue weighted by Crippen LogP contribution is 2.20. The van der Waals surface area contributed by atoms with E-state index in [9.17, 15) is 8.42 Å². The van der Waals surface area contributed by atoms with Crippen molar-refractivity contribution in [2.24, 2.45) is 0 Å². The van der Waals surface area contributed by atoms with E-state index >= 15 is 0 Å². The summed E-state index contributed by atoms with van der Waals surface area (Å²) in [6.45, 7) is 3.76. The summed E-state index contributed by atoms with van der Waals surface area (Å²) in [7, 11) is -3.40. The summed E-state index contributed by atoms with van der Waals surface area (Å²) in [5, 5.41) is 13.3. The summed E-state index contributed by atoms with van der Waals surface area (Å²) < 4.78 is 27.6. The van der Waals surface area contributed by atoms with Crippen molar-refractivity contribution in [2.45, 2.75) is 23.9 Å². The zero-order valence-electron chi connectivity index (χ0n) is 14.1. The molecule has 0 amide bonds. The molecule has 0 aliphatic heterocycles. The Balaban J connectivity index is 1.69. The maximum absolute atomic E-state index is 12.3. The van der Waals surface area contributed by atoms with Crippen LogP contribution in [-0.4, -0.2) is 44.6 Å². The van der Waals surface area contributed by atoms with Crippen molar-refractivity contribution in [2.75, 3.05) is 17.3 Å². The molecule has 0 atom stereocenters. The predicted octanol–water partition coefficient (Wildman–Crippen LogP) is 2.01. The number of aryl methyl sites for hydroxylation is 2. The van der Waals surface area contributed by atoms with E-state index in [2.05, 4.69) is 15.3 Å². The molecule has 0 aliphatic rings. The third-order valence-electron chi connectivity index (χ3n) is 3.60. The van der Waals surface area contributed by atoms with Gasteiger partial charge in [-0.2, -0.15) is 5.10 Å². The van der Waals surface area contributed by atoms with Crippen LogP contribution in [0, 0.1) is 13.8 Å². The molecule has 0 spiro atoms. The maximum atomic E-state index is 12.3. The molecule has 0 bridgehead atoms. The van der Waals surface area contributed by atoms with Gasteiger partial charge in [0.25, 0.3) is 5.95 Å². The monoisotopic (exact) mass is 412 g/mol. The van der Waals surface area contributed by atoms with E-state index in [0.717, 1.165) is 11.4 Å². The molecule has 138 valence electrons. The van der Waals surface area contributed by atoms with Gasteiger partial charge in [0.05, 0.1) is 16.3 Å². The van der Waals surface area contributed by atoms with Crippen LogP contribution in [0.2, 0.25) is 5.02 Å². The number of benzene rings is 1. The van der Waals surface area contributed by atoms with Gasteiger partial charge in [0, 0.05) is 16.5 Å². The lowest BCUT2D eigenvalue weighted by atomic mass is 10.4. The number of sulfone groups is 1. The Bertz CT molecular complexity index is 1030. The average Bonchev–Trinajstić information content (AvgIpc) is 3.10. The Hall–Kier alpha value is -2.04. The molecular formula is C15H17ClN6O2S2. The standard InChI is InChI=1S/C15H17ClN6O2S2/c1-10-9-11(2)22(20-10)14-18-19-15(21(14)17)25-7-8-26(23,24)13-5-3-12(16)4-6-13/h3-6,9H,7-8,17H2,1-2H3. The first-order chi connectivity index (χ1) is 12.3. The van der Waals surface area contributed by atoms with Crippen LogP contribution < -0.4 is 5.84 Å². The predicted molar refractivity (Wildman–Crippen MR) is 101 cm³/mol. The lowest BCUT2D eigenvalue weighted by Gasteiger charge is -2.06. The Morgan fingerprint density at radius 1 is 1.19 bits per heavy atom. The molecule has 3 aromatic rings. The summed E-state index contributed by atoms with van der Waals surface area (Å²) >= 11 is 7.01. The van der Waals surface area contributed by atoms with Crippen molar-refractivity contribution in [1.82, 2.24) is 24.7 Å². The Kier molecular flexibility index (Phi) is 5.26. The van der Waals surface area contributed by atoms with Crippen molar-refractivity contribution < 1.29 is 8.42 Å². The van der Waals surface area contributed by atoms with E-state index < -0.39 is 9.84 Å². The van der Waals surface area contributed by atoms with Gasteiger partial charge in [0.1, 0.15) is 0 Å². The van der Waals surface area contributed by atoms with Gasteiger partial charge >= 0.3 is 0 Å². The fraction of sp³-hybridized carbons (Fsp3) is 0.267. The van der Waals surface area contributed by atoms with Gasteiger partial charge in [-0.15, -0.1) is 10.2 Å². The molecule has 1 aromatic carbocycles. The van der Waals surface area contributed by atoms with Crippen molar-refractivity contribution in [3.8, 4) is 5.95 Å². The van der Waals surface area contributed by atoms with E-state index in [1.165, 1.54) is 28.6 Å². The molecule has 0 radical (unpaired) electrons. The number of hydrogen-bond donors (Lipinski definition) is 1. The number of nitrogens with two attached hydrogens (primary N) is 1. The zero-order valence-corrected chi connectivity index (χ0v) is 16.5. The quantitative estimate of drug-likeness (QED) is 0.487. The molecule has 0 unspecified atom stereocenters. The summed E-state index contributed by atoms with van der Waals surface area (Å²) in [5.41, 5.74) is 1.72. The van der Waals surface area contributed by atoms with E-state index in [1.54, 1.807) is 16.8 Å². The molecule has 0 aliphatic carbocycles. The third kappa shape index (κ3) is 3.87. The Labute approximate surface area is 160 Å². The van der Waals surface area contributed by atoms with Crippen LogP contribution in [0.15, 0.2) is 40.4 Å². The number of aromatic nitrogens is 5. The highest BCUT2D eigenvalue weighted by Gasteiger charge is 2.18. The third-order valence-corrected chi connectivity index (χ3v) is 6.79. The van der Waals surface area contributed by atoms with E-state index in [-0.39, 0.29) is 16.4 Å². The average molecular weight is 413 g/mol. The second kappa shape index (κ2) is 7.29. The van der Waals surface area contributed by atoms with E-state index in [0.29, 0.717) is 16.1 Å². The number of nitrogens with zero attached hydrogens (tertiary/aromatic N) is 5. The number of hydrogen-bond acceptors (Lipinski definition) is 7. The summed E-state index contributed by atoms with van der Waals surface area (Å²) in [4.78, 5) is 0.236. The van der Waals surface area contributed by atoms with Crippen LogP contribution >= 0.6 is 23.4 Å². The molecule has 2 heterocycles. The van der Waals surface area contributed by atoms with Gasteiger partial charge in [-0.1, -0.05) is 23.4 Å². The molecule has 3 rings (SSSR count). The summed E-state index contributed by atoms with van der Waals surface area (Å²) in [6.07, 6.45) is 0. The number of rotatable bonds is 6. The molecule has 0 fully saturated rings. The van der Waals surface area contributed by atoms with Crippen molar-refractivity contribution >= 4 is 33.2 Å². The van der Waals surface area contributed by atoms with Crippen LogP contribution in [0.5, 0.6) is 0 Å². The van der Waals surface area contributed by atoms with E-state index in [1.807, 2.05) is 19.9 Å². The molecule has 0 saturated heterocycles. The van der Waals surface area contributed by atoms with Gasteiger partial charge in [0.15, 0.2) is 9.84 Å². The molecule has 26 heavy (non-hydrogen) atoms. The molecular weight excluding hydrogens is 396 g/mol. The van der Waals surface area contributed by atoms with Gasteiger partial charge in [-0.3, -0.25) is 0 Å². The second-order valence-electron chi connectivity index (χ2n) is 5.61.